The molecule has 0 amide bonds. The highest BCUT2D eigenvalue weighted by Gasteiger charge is 2.35. The van der Waals surface area contributed by atoms with Gasteiger partial charge in [0.05, 0.1) is 11.8 Å². The number of nitrogens with zero attached hydrogens (tertiary/aromatic N) is 1. The normalized spacial score (nSPS) is 13.0. The first-order valence-electron chi connectivity index (χ1n) is 7.28. The maximum Gasteiger partial charge on any atom is 0.416 e. The van der Waals surface area contributed by atoms with E-state index in [0.29, 0.717) is 11.0 Å². The van der Waals surface area contributed by atoms with Gasteiger partial charge in [0.25, 0.3) is 0 Å². The van der Waals surface area contributed by atoms with E-state index < -0.39 is 19.8 Å². The van der Waals surface area contributed by atoms with Crippen molar-refractivity contribution in [1.29, 1.82) is 0 Å². The third kappa shape index (κ3) is 2.80. The van der Waals surface area contributed by atoms with Crippen molar-refractivity contribution in [2.24, 2.45) is 0 Å². The number of rotatable bonds is 3. The number of fused-ring (bicyclic) bond motifs is 1. The summed E-state index contributed by atoms with van der Waals surface area (Å²) in [5.74, 6) is 0.871. The van der Waals surface area contributed by atoms with Crippen LogP contribution in [0.2, 0.25) is 13.1 Å². The Morgan fingerprint density at radius 1 is 1.17 bits per heavy atom. The van der Waals surface area contributed by atoms with E-state index in [2.05, 4.69) is 4.98 Å². The van der Waals surface area contributed by atoms with E-state index in [1.54, 1.807) is 6.26 Å². The van der Waals surface area contributed by atoms with Crippen molar-refractivity contribution in [1.82, 2.24) is 4.98 Å². The minimum Gasteiger partial charge on any atom is -0.469 e. The van der Waals surface area contributed by atoms with E-state index in [1.807, 2.05) is 26.1 Å². The Morgan fingerprint density at radius 2 is 1.91 bits per heavy atom. The number of hydrogen-bond donors (Lipinski definition) is 0. The Balaban J connectivity index is 2.05. The lowest BCUT2D eigenvalue weighted by Crippen LogP contribution is -2.53. The Morgan fingerprint density at radius 3 is 2.52 bits per heavy atom. The zero-order valence-electron chi connectivity index (χ0n) is 13.0. The van der Waals surface area contributed by atoms with E-state index in [-0.39, 0.29) is 5.58 Å². The Hall–Kier alpha value is -2.02. The number of oxazole rings is 1. The van der Waals surface area contributed by atoms with Crippen LogP contribution in [0.4, 0.5) is 13.2 Å². The van der Waals surface area contributed by atoms with E-state index in [0.717, 1.165) is 29.5 Å². The standard InChI is InChI=1S/C16H16F3NO2Si/c1-4-11-8-12(9-21-11)23(2,3)15-20-13-6-5-10(16(17,18)19)7-14(13)22-15/h5-9H,4H2,1-3H3. The van der Waals surface area contributed by atoms with E-state index >= 15 is 0 Å². The van der Waals surface area contributed by atoms with Crippen LogP contribution in [0.15, 0.2) is 39.4 Å². The number of aryl methyl sites for hydroxylation is 1. The van der Waals surface area contributed by atoms with Gasteiger partial charge in [-0.1, -0.05) is 20.0 Å². The molecular formula is C16H16F3NO2Si. The van der Waals surface area contributed by atoms with Crippen LogP contribution in [0.25, 0.3) is 11.1 Å². The third-order valence-electron chi connectivity index (χ3n) is 3.97. The molecule has 0 spiro atoms. The molecule has 0 aliphatic heterocycles. The molecule has 0 aliphatic rings. The fourth-order valence-electron chi connectivity index (χ4n) is 2.39. The van der Waals surface area contributed by atoms with Gasteiger partial charge in [0.2, 0.25) is 0 Å². The molecule has 0 saturated heterocycles. The number of halogens is 3. The molecule has 23 heavy (non-hydrogen) atoms. The summed E-state index contributed by atoms with van der Waals surface area (Å²) in [7, 11) is -2.25. The lowest BCUT2D eigenvalue weighted by Gasteiger charge is -2.15. The highest BCUT2D eigenvalue weighted by molar-refractivity contribution is 6.99. The smallest absolute Gasteiger partial charge is 0.416 e. The second-order valence-electron chi connectivity index (χ2n) is 5.98. The van der Waals surface area contributed by atoms with Gasteiger partial charge in [-0.15, -0.1) is 0 Å². The highest BCUT2D eigenvalue weighted by Crippen LogP contribution is 2.31. The van der Waals surface area contributed by atoms with Gasteiger partial charge >= 0.3 is 6.18 Å². The van der Waals surface area contributed by atoms with Crippen molar-refractivity contribution in [3.05, 3.63) is 41.9 Å². The first-order chi connectivity index (χ1) is 10.7. The summed E-state index contributed by atoms with van der Waals surface area (Å²) in [6.45, 7) is 6.06. The van der Waals surface area contributed by atoms with Crippen LogP contribution in [-0.4, -0.2) is 13.1 Å². The van der Waals surface area contributed by atoms with Crippen molar-refractivity contribution in [3.8, 4) is 0 Å². The molecule has 0 aliphatic carbocycles. The molecule has 7 heteroatoms. The predicted octanol–water partition coefficient (Wildman–Crippen LogP) is 3.82. The Bertz CT molecular complexity index is 848. The molecular weight excluding hydrogens is 323 g/mol. The molecule has 0 unspecified atom stereocenters. The summed E-state index contributed by atoms with van der Waals surface area (Å²) in [6.07, 6.45) is -1.91. The van der Waals surface area contributed by atoms with Crippen LogP contribution < -0.4 is 10.7 Å². The summed E-state index contributed by atoms with van der Waals surface area (Å²) < 4.78 is 49.5. The van der Waals surface area contributed by atoms with Gasteiger partial charge in [-0.05, 0) is 29.5 Å². The molecule has 0 atom stereocenters. The monoisotopic (exact) mass is 339 g/mol. The minimum absolute atomic E-state index is 0.162. The van der Waals surface area contributed by atoms with Crippen molar-refractivity contribution in [2.75, 3.05) is 0 Å². The van der Waals surface area contributed by atoms with E-state index in [4.69, 9.17) is 8.83 Å². The van der Waals surface area contributed by atoms with Gasteiger partial charge in [0.15, 0.2) is 19.2 Å². The number of furan rings is 1. The highest BCUT2D eigenvalue weighted by atomic mass is 28.3. The van der Waals surface area contributed by atoms with Crippen LogP contribution >= 0.6 is 0 Å². The average Bonchev–Trinajstić information content (AvgIpc) is 3.12. The molecule has 0 N–H and O–H groups in total. The first-order valence-corrected chi connectivity index (χ1v) is 10.3. The summed E-state index contributed by atoms with van der Waals surface area (Å²) in [5.41, 5.74) is 0.362. The zero-order chi connectivity index (χ0) is 16.8. The molecule has 0 radical (unpaired) electrons. The van der Waals surface area contributed by atoms with Gasteiger partial charge in [-0.25, -0.2) is 4.98 Å². The minimum atomic E-state index is -4.39. The number of hydrogen-bond acceptors (Lipinski definition) is 3. The van der Waals surface area contributed by atoms with Gasteiger partial charge in [0, 0.05) is 6.42 Å². The van der Waals surface area contributed by atoms with E-state index in [9.17, 15) is 13.2 Å². The van der Waals surface area contributed by atoms with Crippen LogP contribution in [0.3, 0.4) is 0 Å². The third-order valence-corrected chi connectivity index (χ3v) is 6.96. The van der Waals surface area contributed by atoms with Gasteiger partial charge in [-0.3, -0.25) is 0 Å². The molecule has 3 nitrogen and oxygen atoms in total. The maximum atomic E-state index is 12.8. The molecule has 1 aromatic carbocycles. The quantitative estimate of drug-likeness (QED) is 0.681. The Kier molecular flexibility index (Phi) is 3.63. The van der Waals surface area contributed by atoms with Gasteiger partial charge < -0.3 is 8.83 Å². The predicted molar refractivity (Wildman–Crippen MR) is 83.8 cm³/mol. The van der Waals surface area contributed by atoms with Crippen molar-refractivity contribution < 1.29 is 22.0 Å². The van der Waals surface area contributed by atoms with Crippen molar-refractivity contribution in [3.63, 3.8) is 0 Å². The molecule has 3 rings (SSSR count). The van der Waals surface area contributed by atoms with Crippen molar-refractivity contribution >= 4 is 29.9 Å². The second-order valence-corrected chi connectivity index (χ2v) is 10.2. The first kappa shape index (κ1) is 15.9. The van der Waals surface area contributed by atoms with Crippen LogP contribution in [0.1, 0.15) is 18.2 Å². The molecule has 0 fully saturated rings. The Labute approximate surface area is 132 Å². The average molecular weight is 339 g/mol. The molecule has 0 bridgehead atoms. The summed E-state index contributed by atoms with van der Waals surface area (Å²) in [6, 6.07) is 5.35. The molecule has 3 aromatic rings. The lowest BCUT2D eigenvalue weighted by molar-refractivity contribution is -0.137. The largest absolute Gasteiger partial charge is 0.469 e. The maximum absolute atomic E-state index is 12.8. The molecule has 0 saturated carbocycles. The second kappa shape index (κ2) is 5.26. The molecule has 2 aromatic heterocycles. The van der Waals surface area contributed by atoms with E-state index in [1.165, 1.54) is 6.07 Å². The fraction of sp³-hybridized carbons (Fsp3) is 0.312. The van der Waals surface area contributed by atoms with Crippen LogP contribution in [0, 0.1) is 0 Å². The summed E-state index contributed by atoms with van der Waals surface area (Å²) in [4.78, 5) is 4.41. The lowest BCUT2D eigenvalue weighted by atomic mass is 10.2. The van der Waals surface area contributed by atoms with Crippen LogP contribution in [0.5, 0.6) is 0 Å². The summed E-state index contributed by atoms with van der Waals surface area (Å²) >= 11 is 0. The zero-order valence-corrected chi connectivity index (χ0v) is 14.0. The molecule has 122 valence electrons. The van der Waals surface area contributed by atoms with Gasteiger partial charge in [0.1, 0.15) is 11.3 Å². The van der Waals surface area contributed by atoms with Crippen LogP contribution in [-0.2, 0) is 12.6 Å². The number of alkyl halides is 3. The number of aromatic nitrogens is 1. The fourth-order valence-corrected chi connectivity index (χ4v) is 4.27. The SMILES string of the molecule is CCc1cc([Si](C)(C)c2nc3ccc(C(F)(F)F)cc3o2)co1. The van der Waals surface area contributed by atoms with Crippen molar-refractivity contribution in [2.45, 2.75) is 32.6 Å². The topological polar surface area (TPSA) is 39.2 Å². The summed E-state index contributed by atoms with van der Waals surface area (Å²) in [5, 5.41) is 1.01. The number of benzene rings is 1. The van der Waals surface area contributed by atoms with Gasteiger partial charge in [-0.2, -0.15) is 13.2 Å². The molecule has 2 heterocycles.